The van der Waals surface area contributed by atoms with E-state index in [2.05, 4.69) is 9.79 Å². The molecule has 2 rings (SSSR count). The molecule has 0 bridgehead atoms. The number of Topliss-reactive ketones (excluding diaryl/α,β-unsaturated/α-hetero) is 1. The summed E-state index contributed by atoms with van der Waals surface area (Å²) in [4.78, 5) is 22.9. The fourth-order valence-corrected chi connectivity index (χ4v) is 1.70. The second-order valence-electron chi connectivity index (χ2n) is 3.36. The van der Waals surface area contributed by atoms with Crippen LogP contribution in [0.1, 0.15) is 10.4 Å². The van der Waals surface area contributed by atoms with E-state index in [0.29, 0.717) is 5.69 Å². The van der Waals surface area contributed by atoms with Crippen LogP contribution in [0.5, 0.6) is 0 Å². The first kappa shape index (κ1) is 13.1. The third-order valence-corrected chi connectivity index (χ3v) is 2.66. The lowest BCUT2D eigenvalue weighted by Gasteiger charge is -2.09. The number of para-hydroxylation sites is 1. The molecule has 0 spiro atoms. The van der Waals surface area contributed by atoms with E-state index < -0.39 is 15.2 Å². The van der Waals surface area contributed by atoms with E-state index in [1.54, 1.807) is 18.2 Å². The van der Waals surface area contributed by atoms with E-state index >= 15 is 0 Å². The van der Waals surface area contributed by atoms with Gasteiger partial charge in [0.05, 0.1) is 5.56 Å². The predicted octanol–water partition coefficient (Wildman–Crippen LogP) is 1.80. The third-order valence-electron chi connectivity index (χ3n) is 2.14. The van der Waals surface area contributed by atoms with Crippen LogP contribution in [0.4, 0.5) is 0 Å². The van der Waals surface area contributed by atoms with Crippen molar-refractivity contribution in [3.63, 3.8) is 0 Å². The number of aromatic nitrogens is 2. The molecule has 1 aromatic carbocycles. The average Bonchev–Trinajstić information content (AvgIpc) is 2.73. The normalized spacial score (nSPS) is 11.5. The van der Waals surface area contributed by atoms with Crippen LogP contribution in [0.15, 0.2) is 39.8 Å². The summed E-state index contributed by atoms with van der Waals surface area (Å²) >= 11 is 16.7. The number of rotatable bonds is 2. The highest BCUT2D eigenvalue weighted by molar-refractivity contribution is 6.77. The molecule has 0 fully saturated rings. The van der Waals surface area contributed by atoms with Gasteiger partial charge in [-0.05, 0) is 16.0 Å². The minimum Gasteiger partial charge on any atom is -0.289 e. The Balaban J connectivity index is 2.57. The first-order valence-electron chi connectivity index (χ1n) is 4.70. The van der Waals surface area contributed by atoms with Crippen molar-refractivity contribution in [2.75, 3.05) is 0 Å². The van der Waals surface area contributed by atoms with Gasteiger partial charge in [0, 0.05) is 6.07 Å². The molecule has 0 radical (unpaired) electrons. The summed E-state index contributed by atoms with van der Waals surface area (Å²) in [6.07, 6.45) is 1.13. The minimum absolute atomic E-state index is 0.152. The Morgan fingerprint density at radius 2 is 1.94 bits per heavy atom. The number of H-pyrrole nitrogens is 1. The maximum atomic E-state index is 11.9. The molecule has 0 aliphatic carbocycles. The van der Waals surface area contributed by atoms with Gasteiger partial charge in [-0.2, -0.15) is 0 Å². The lowest BCUT2D eigenvalue weighted by molar-refractivity contribution is -0.670. The fraction of sp³-hybridized carbons (Fsp3) is 0.100. The molecule has 18 heavy (non-hydrogen) atoms. The van der Waals surface area contributed by atoms with Crippen LogP contribution in [0.25, 0.3) is 5.69 Å². The summed E-state index contributed by atoms with van der Waals surface area (Å²) in [5.41, 5.74) is -0.0923. The molecule has 1 aromatic heterocycles. The van der Waals surface area contributed by atoms with Gasteiger partial charge >= 0.3 is 5.63 Å². The van der Waals surface area contributed by atoms with Gasteiger partial charge in [-0.15, -0.1) is 0 Å². The highest BCUT2D eigenvalue weighted by Crippen LogP contribution is 2.31. The standard InChI is InChI=1S/C10H5Cl3N2O3/c11-10(12,13)9(17)6-3-1-2-4-7(6)15-5-8(16)18-14-15/h1-5H/p+1. The molecule has 94 valence electrons. The number of benzene rings is 1. The molecule has 0 saturated carbocycles. The molecular weight excluding hydrogens is 302 g/mol. The van der Waals surface area contributed by atoms with Gasteiger partial charge in [0.2, 0.25) is 11.5 Å². The van der Waals surface area contributed by atoms with Gasteiger partial charge in [-0.25, -0.2) is 4.79 Å². The van der Waals surface area contributed by atoms with Crippen molar-refractivity contribution in [3.8, 4) is 5.69 Å². The smallest absolute Gasteiger partial charge is 0.289 e. The number of aromatic amines is 1. The Labute approximate surface area is 116 Å². The molecule has 2 aromatic rings. The lowest BCUT2D eigenvalue weighted by Crippen LogP contribution is -2.36. The van der Waals surface area contributed by atoms with Crippen molar-refractivity contribution in [2.24, 2.45) is 0 Å². The van der Waals surface area contributed by atoms with Gasteiger partial charge in [0.25, 0.3) is 9.99 Å². The van der Waals surface area contributed by atoms with E-state index in [9.17, 15) is 9.59 Å². The Morgan fingerprint density at radius 1 is 1.28 bits per heavy atom. The first-order chi connectivity index (χ1) is 8.39. The highest BCUT2D eigenvalue weighted by atomic mass is 35.6. The number of halogens is 3. The predicted molar refractivity (Wildman–Crippen MR) is 65.5 cm³/mol. The van der Waals surface area contributed by atoms with Gasteiger partial charge in [-0.3, -0.25) is 9.32 Å². The molecule has 0 aliphatic rings. The Bertz CT molecular complexity index is 642. The zero-order chi connectivity index (χ0) is 13.3. The molecule has 0 saturated heterocycles. The van der Waals surface area contributed by atoms with Crippen LogP contribution >= 0.6 is 34.8 Å². The van der Waals surface area contributed by atoms with Crippen LogP contribution in [0.3, 0.4) is 0 Å². The number of hydrogen-bond acceptors (Lipinski definition) is 3. The molecular formula is C10H6Cl3N2O3+. The molecule has 0 aliphatic heterocycles. The van der Waals surface area contributed by atoms with Crippen molar-refractivity contribution in [1.82, 2.24) is 5.27 Å². The summed E-state index contributed by atoms with van der Waals surface area (Å²) in [5.74, 6) is -0.697. The highest BCUT2D eigenvalue weighted by Gasteiger charge is 2.35. The van der Waals surface area contributed by atoms with E-state index in [4.69, 9.17) is 34.8 Å². The maximum Gasteiger partial charge on any atom is 0.427 e. The molecule has 8 heteroatoms. The molecule has 5 nitrogen and oxygen atoms in total. The molecule has 0 amide bonds. The third kappa shape index (κ3) is 2.58. The SMILES string of the molecule is O=C(c1ccccc1-[n+]1cc(=O)o[nH]1)C(Cl)(Cl)Cl. The van der Waals surface area contributed by atoms with Crippen molar-refractivity contribution in [2.45, 2.75) is 3.79 Å². The Morgan fingerprint density at radius 3 is 2.50 bits per heavy atom. The number of nitrogens with zero attached hydrogens (tertiary/aromatic N) is 1. The quantitative estimate of drug-likeness (QED) is 0.522. The van der Waals surface area contributed by atoms with Crippen molar-refractivity contribution < 1.29 is 14.0 Å². The largest absolute Gasteiger partial charge is 0.427 e. The second kappa shape index (κ2) is 4.76. The fourth-order valence-electron chi connectivity index (χ4n) is 1.40. The van der Waals surface area contributed by atoms with Crippen molar-refractivity contribution in [1.29, 1.82) is 0 Å². The first-order valence-corrected chi connectivity index (χ1v) is 5.84. The number of carbonyl (C=O) groups excluding carboxylic acids is 1. The van der Waals surface area contributed by atoms with Crippen LogP contribution in [-0.2, 0) is 0 Å². The van der Waals surface area contributed by atoms with E-state index in [1.807, 2.05) is 0 Å². The van der Waals surface area contributed by atoms with Gasteiger partial charge in [0.15, 0.2) is 0 Å². The van der Waals surface area contributed by atoms with Gasteiger partial charge in [0.1, 0.15) is 0 Å². The van der Waals surface area contributed by atoms with Crippen molar-refractivity contribution >= 4 is 40.6 Å². The summed E-state index contributed by atoms with van der Waals surface area (Å²) in [7, 11) is 0. The summed E-state index contributed by atoms with van der Waals surface area (Å²) in [6.45, 7) is 0. The van der Waals surface area contributed by atoms with Gasteiger partial charge in [-0.1, -0.05) is 46.9 Å². The number of hydrogen-bond donors (Lipinski definition) is 1. The van der Waals surface area contributed by atoms with E-state index in [0.717, 1.165) is 6.20 Å². The molecule has 1 N–H and O–H groups in total. The Hall–Kier alpha value is -1.30. The van der Waals surface area contributed by atoms with Crippen LogP contribution in [0, 0.1) is 0 Å². The molecule has 0 atom stereocenters. The second-order valence-corrected chi connectivity index (χ2v) is 5.64. The zero-order valence-electron chi connectivity index (χ0n) is 8.69. The molecule has 0 unspecified atom stereocenters. The van der Waals surface area contributed by atoms with Gasteiger partial charge < -0.3 is 0 Å². The van der Waals surface area contributed by atoms with Crippen molar-refractivity contribution in [3.05, 3.63) is 46.4 Å². The summed E-state index contributed by atoms with van der Waals surface area (Å²) in [6, 6.07) is 6.35. The summed E-state index contributed by atoms with van der Waals surface area (Å²) < 4.78 is 3.67. The van der Waals surface area contributed by atoms with Crippen LogP contribution in [0.2, 0.25) is 0 Å². The monoisotopic (exact) mass is 307 g/mol. The topological polar surface area (TPSA) is 66.9 Å². The zero-order valence-corrected chi connectivity index (χ0v) is 11.0. The number of ketones is 1. The average molecular weight is 309 g/mol. The number of carbonyl (C=O) groups is 1. The minimum atomic E-state index is -2.07. The molecule has 1 heterocycles. The van der Waals surface area contributed by atoms with Crippen LogP contribution in [-0.4, -0.2) is 14.8 Å². The van der Waals surface area contributed by atoms with Crippen LogP contribution < -0.4 is 10.3 Å². The maximum absolute atomic E-state index is 11.9. The number of alkyl halides is 3. The summed E-state index contributed by atoms with van der Waals surface area (Å²) in [5, 5.41) is 2.32. The lowest BCUT2D eigenvalue weighted by atomic mass is 10.1. The number of nitrogens with one attached hydrogen (secondary N) is 1. The van der Waals surface area contributed by atoms with E-state index in [-0.39, 0.29) is 5.56 Å². The Kier molecular flexibility index (Phi) is 3.47. The van der Waals surface area contributed by atoms with E-state index in [1.165, 1.54) is 10.7 Å².